The topological polar surface area (TPSA) is 119 Å². The molecule has 1 aliphatic heterocycles. The van der Waals surface area contributed by atoms with Crippen molar-refractivity contribution in [2.24, 2.45) is 5.14 Å². The Bertz CT molecular complexity index is 1320. The molecule has 0 unspecified atom stereocenters. The molecular formula is C21H20ClN5O4S. The van der Waals surface area contributed by atoms with Gasteiger partial charge in [0, 0.05) is 42.8 Å². The monoisotopic (exact) mass is 473 g/mol. The normalized spacial score (nSPS) is 14.4. The number of rotatable bonds is 4. The van der Waals surface area contributed by atoms with E-state index in [2.05, 4.69) is 5.10 Å². The Kier molecular flexibility index (Phi) is 6.00. The van der Waals surface area contributed by atoms with Gasteiger partial charge in [0.05, 0.1) is 10.6 Å². The van der Waals surface area contributed by atoms with Crippen molar-refractivity contribution in [3.05, 3.63) is 81.6 Å². The summed E-state index contributed by atoms with van der Waals surface area (Å²) in [4.78, 5) is 28.7. The average molecular weight is 474 g/mol. The molecule has 1 aliphatic rings. The Hall–Kier alpha value is -3.21. The summed E-state index contributed by atoms with van der Waals surface area (Å²) in [5.74, 6) is 0.427. The fourth-order valence-corrected chi connectivity index (χ4v) is 4.17. The number of piperazine rings is 1. The van der Waals surface area contributed by atoms with Crippen LogP contribution in [0.1, 0.15) is 10.4 Å². The Balaban J connectivity index is 1.46. The van der Waals surface area contributed by atoms with Gasteiger partial charge in [-0.1, -0.05) is 17.7 Å². The van der Waals surface area contributed by atoms with Crippen LogP contribution in [0.2, 0.25) is 5.02 Å². The molecule has 1 saturated heterocycles. The van der Waals surface area contributed by atoms with Gasteiger partial charge in [-0.05, 0) is 48.5 Å². The molecule has 0 aliphatic carbocycles. The Morgan fingerprint density at radius 3 is 2.28 bits per heavy atom. The summed E-state index contributed by atoms with van der Waals surface area (Å²) in [6, 6.07) is 15.6. The standard InChI is InChI=1S/C21H20ClN5O4S/c22-16-2-1-3-17(14-16)27-20(28)9-8-19(24-27)25-10-12-26(13-11-25)21(29)15-4-6-18(7-5-15)32(23,30)31/h1-9,14H,10-13H2,(H2,23,30,31). The van der Waals surface area contributed by atoms with Crippen LogP contribution in [-0.4, -0.2) is 55.2 Å². The van der Waals surface area contributed by atoms with Crippen molar-refractivity contribution >= 4 is 33.3 Å². The summed E-state index contributed by atoms with van der Waals surface area (Å²) < 4.78 is 24.1. The summed E-state index contributed by atoms with van der Waals surface area (Å²) in [5, 5.41) is 10.1. The van der Waals surface area contributed by atoms with Crippen LogP contribution in [0.4, 0.5) is 5.82 Å². The van der Waals surface area contributed by atoms with Gasteiger partial charge in [0.2, 0.25) is 10.0 Å². The molecule has 32 heavy (non-hydrogen) atoms. The van der Waals surface area contributed by atoms with Crippen molar-refractivity contribution in [1.82, 2.24) is 14.7 Å². The third-order valence-electron chi connectivity index (χ3n) is 5.16. The van der Waals surface area contributed by atoms with Crippen molar-refractivity contribution in [2.75, 3.05) is 31.1 Å². The first-order valence-corrected chi connectivity index (χ1v) is 11.7. The van der Waals surface area contributed by atoms with Gasteiger partial charge >= 0.3 is 0 Å². The lowest BCUT2D eigenvalue weighted by atomic mass is 10.2. The largest absolute Gasteiger partial charge is 0.352 e. The highest BCUT2D eigenvalue weighted by atomic mass is 35.5. The number of benzene rings is 2. The Morgan fingerprint density at radius 1 is 0.969 bits per heavy atom. The average Bonchev–Trinajstić information content (AvgIpc) is 2.78. The highest BCUT2D eigenvalue weighted by Crippen LogP contribution is 2.17. The molecule has 2 aromatic carbocycles. The van der Waals surface area contributed by atoms with Gasteiger partial charge < -0.3 is 9.80 Å². The lowest BCUT2D eigenvalue weighted by Crippen LogP contribution is -2.49. The molecule has 2 heterocycles. The minimum atomic E-state index is -3.81. The van der Waals surface area contributed by atoms with Gasteiger partial charge in [-0.3, -0.25) is 9.59 Å². The summed E-state index contributed by atoms with van der Waals surface area (Å²) >= 11 is 6.04. The molecule has 1 fully saturated rings. The molecule has 0 spiro atoms. The number of nitrogens with two attached hydrogens (primary N) is 1. The van der Waals surface area contributed by atoms with E-state index in [9.17, 15) is 18.0 Å². The zero-order valence-electron chi connectivity index (χ0n) is 16.9. The maximum atomic E-state index is 12.8. The summed E-state index contributed by atoms with van der Waals surface area (Å²) in [5.41, 5.74) is 0.687. The smallest absolute Gasteiger partial charge is 0.271 e. The van der Waals surface area contributed by atoms with E-state index in [1.165, 1.54) is 35.0 Å². The molecule has 0 bridgehead atoms. The highest BCUT2D eigenvalue weighted by molar-refractivity contribution is 7.89. The molecule has 4 rings (SSSR count). The fraction of sp³-hybridized carbons (Fsp3) is 0.190. The number of primary sulfonamides is 1. The van der Waals surface area contributed by atoms with Crippen molar-refractivity contribution in [2.45, 2.75) is 4.90 Å². The lowest BCUT2D eigenvalue weighted by molar-refractivity contribution is 0.0746. The maximum Gasteiger partial charge on any atom is 0.271 e. The summed E-state index contributed by atoms with van der Waals surface area (Å²) in [6.45, 7) is 1.96. The van der Waals surface area contributed by atoms with E-state index >= 15 is 0 Å². The highest BCUT2D eigenvalue weighted by Gasteiger charge is 2.23. The van der Waals surface area contributed by atoms with Crippen LogP contribution >= 0.6 is 11.6 Å². The van der Waals surface area contributed by atoms with Crippen LogP contribution < -0.4 is 15.6 Å². The quantitative estimate of drug-likeness (QED) is 0.613. The van der Waals surface area contributed by atoms with E-state index in [1.807, 2.05) is 4.90 Å². The Morgan fingerprint density at radius 2 is 1.66 bits per heavy atom. The number of aromatic nitrogens is 2. The Labute approximate surface area is 189 Å². The molecule has 0 atom stereocenters. The van der Waals surface area contributed by atoms with Crippen LogP contribution in [0.3, 0.4) is 0 Å². The second-order valence-electron chi connectivity index (χ2n) is 7.27. The number of hydrogen-bond acceptors (Lipinski definition) is 6. The van der Waals surface area contributed by atoms with Crippen LogP contribution in [-0.2, 0) is 10.0 Å². The number of hydrogen-bond donors (Lipinski definition) is 1. The SMILES string of the molecule is NS(=O)(=O)c1ccc(C(=O)N2CCN(c3ccc(=O)n(-c4cccc(Cl)c4)n3)CC2)cc1. The van der Waals surface area contributed by atoms with Crippen LogP contribution in [0.25, 0.3) is 5.69 Å². The summed E-state index contributed by atoms with van der Waals surface area (Å²) in [7, 11) is -3.81. The van der Waals surface area contributed by atoms with Gasteiger partial charge in [0.15, 0.2) is 0 Å². The second kappa shape index (κ2) is 8.73. The lowest BCUT2D eigenvalue weighted by Gasteiger charge is -2.35. The summed E-state index contributed by atoms with van der Waals surface area (Å²) in [6.07, 6.45) is 0. The molecule has 0 saturated carbocycles. The molecule has 3 aromatic rings. The van der Waals surface area contributed by atoms with E-state index < -0.39 is 10.0 Å². The molecular weight excluding hydrogens is 454 g/mol. The van der Waals surface area contributed by atoms with Crippen molar-refractivity contribution in [1.29, 1.82) is 0 Å². The first-order chi connectivity index (χ1) is 15.2. The zero-order chi connectivity index (χ0) is 22.9. The van der Waals surface area contributed by atoms with E-state index in [0.717, 1.165) is 0 Å². The van der Waals surface area contributed by atoms with Gasteiger partial charge in [0.1, 0.15) is 5.82 Å². The maximum absolute atomic E-state index is 12.8. The number of halogens is 1. The number of carbonyl (C=O) groups excluding carboxylic acids is 1. The predicted molar refractivity (Wildman–Crippen MR) is 121 cm³/mol. The van der Waals surface area contributed by atoms with Gasteiger partial charge in [-0.2, -0.15) is 4.68 Å². The minimum absolute atomic E-state index is 0.0419. The van der Waals surface area contributed by atoms with E-state index in [-0.39, 0.29) is 16.4 Å². The number of anilines is 1. The van der Waals surface area contributed by atoms with Crippen LogP contribution in [0, 0.1) is 0 Å². The predicted octanol–water partition coefficient (Wildman–Crippen LogP) is 1.50. The van der Waals surface area contributed by atoms with Gasteiger partial charge in [-0.15, -0.1) is 5.10 Å². The van der Waals surface area contributed by atoms with Crippen molar-refractivity contribution in [3.8, 4) is 5.69 Å². The third kappa shape index (κ3) is 4.67. The van der Waals surface area contributed by atoms with Crippen molar-refractivity contribution in [3.63, 3.8) is 0 Å². The molecule has 1 aromatic heterocycles. The minimum Gasteiger partial charge on any atom is -0.352 e. The molecule has 0 radical (unpaired) electrons. The van der Waals surface area contributed by atoms with E-state index in [1.54, 1.807) is 35.2 Å². The molecule has 166 valence electrons. The van der Waals surface area contributed by atoms with Crippen LogP contribution in [0.15, 0.2) is 70.4 Å². The second-order valence-corrected chi connectivity index (χ2v) is 9.27. The fourth-order valence-electron chi connectivity index (χ4n) is 3.47. The van der Waals surface area contributed by atoms with Crippen molar-refractivity contribution < 1.29 is 13.2 Å². The third-order valence-corrected chi connectivity index (χ3v) is 6.32. The number of nitrogens with zero attached hydrogens (tertiary/aromatic N) is 4. The molecule has 11 heteroatoms. The number of amides is 1. The first-order valence-electron chi connectivity index (χ1n) is 9.76. The number of sulfonamides is 1. The molecule has 9 nitrogen and oxygen atoms in total. The molecule has 2 N–H and O–H groups in total. The van der Waals surface area contributed by atoms with Gasteiger partial charge in [0.25, 0.3) is 11.5 Å². The van der Waals surface area contributed by atoms with E-state index in [0.29, 0.717) is 48.3 Å². The first kappa shape index (κ1) is 22.0. The zero-order valence-corrected chi connectivity index (χ0v) is 18.5. The molecule has 1 amide bonds. The van der Waals surface area contributed by atoms with E-state index in [4.69, 9.17) is 16.7 Å². The van der Waals surface area contributed by atoms with Crippen LogP contribution in [0.5, 0.6) is 0 Å². The van der Waals surface area contributed by atoms with Gasteiger partial charge in [-0.25, -0.2) is 13.6 Å². The number of carbonyl (C=O) groups is 1.